The zero-order chi connectivity index (χ0) is 31.0. The Morgan fingerprint density at radius 1 is 0.674 bits per heavy atom. The van der Waals surface area contributed by atoms with E-state index in [1.165, 1.54) is 7.11 Å². The normalized spacial score (nSPS) is 13.4. The summed E-state index contributed by atoms with van der Waals surface area (Å²) in [5, 5.41) is 0. The van der Waals surface area contributed by atoms with E-state index in [4.69, 9.17) is 9.47 Å². The number of methoxy groups -OCH3 is 1. The van der Waals surface area contributed by atoms with Crippen LogP contribution in [0.4, 0.5) is 0 Å². The van der Waals surface area contributed by atoms with Crippen molar-refractivity contribution in [1.82, 2.24) is 0 Å². The van der Waals surface area contributed by atoms with Crippen molar-refractivity contribution in [2.24, 2.45) is 0 Å². The molecule has 0 amide bonds. The van der Waals surface area contributed by atoms with Crippen molar-refractivity contribution in [3.8, 4) is 0 Å². The van der Waals surface area contributed by atoms with Crippen LogP contribution in [0, 0.1) is 0 Å². The molecule has 0 aliphatic rings. The highest BCUT2D eigenvalue weighted by Gasteiger charge is 2.12. The summed E-state index contributed by atoms with van der Waals surface area (Å²) >= 11 is 0. The molecule has 2 aromatic carbocycles. The Morgan fingerprint density at radius 2 is 1.28 bits per heavy atom. The molecule has 6 nitrogen and oxygen atoms in total. The second-order valence-electron chi connectivity index (χ2n) is 9.45. The molecule has 0 N–H and O–H groups in total. The summed E-state index contributed by atoms with van der Waals surface area (Å²) in [5.74, 6) is -1.02. The van der Waals surface area contributed by atoms with Crippen LogP contribution in [0.25, 0.3) is 0 Å². The molecule has 0 heterocycles. The van der Waals surface area contributed by atoms with Gasteiger partial charge in [0.1, 0.15) is 12.2 Å². The SMILES string of the molecule is CCC/C=C\[C@@H](/C=C/C=C\C/C=C\C=C\[C@H](C/C=C\CCC(=O)OC)OC(=O)c1ccccc1)OC(=O)c1ccccc1. The van der Waals surface area contributed by atoms with Crippen molar-refractivity contribution in [3.05, 3.63) is 145 Å². The lowest BCUT2D eigenvalue weighted by atomic mass is 10.2. The maximum absolute atomic E-state index is 12.6. The van der Waals surface area contributed by atoms with E-state index in [0.717, 1.165) is 12.8 Å². The summed E-state index contributed by atoms with van der Waals surface area (Å²) in [6, 6.07) is 17.8. The molecule has 0 radical (unpaired) electrons. The second kappa shape index (κ2) is 22.0. The minimum atomic E-state index is -0.457. The number of esters is 3. The molecular weight excluding hydrogens is 540 g/mol. The zero-order valence-electron chi connectivity index (χ0n) is 25.0. The minimum absolute atomic E-state index is 0.263. The molecule has 0 aliphatic carbocycles. The number of allylic oxidation sites excluding steroid dienone is 8. The first-order chi connectivity index (χ1) is 21.0. The topological polar surface area (TPSA) is 78.9 Å². The standard InChI is InChI=1S/C37H42O6/c1-3-4-13-26-33(42-36(39)31-22-14-10-15-23-31)27-18-8-6-5-7-9-19-28-34(29-20-12-21-30-35(38)41-2)43-37(40)32-24-16-11-17-25-32/h6-20,22-28,33-34H,3-5,21,29-30H2,1-2H3/b8-6-,9-7-,20-12-,26-13-,27-18+,28-19+/t33-,34+/m0/s1. The fourth-order valence-corrected chi connectivity index (χ4v) is 3.66. The van der Waals surface area contributed by atoms with Crippen molar-refractivity contribution in [1.29, 1.82) is 0 Å². The van der Waals surface area contributed by atoms with Crippen LogP contribution in [-0.2, 0) is 19.0 Å². The van der Waals surface area contributed by atoms with Gasteiger partial charge in [0.25, 0.3) is 0 Å². The molecule has 0 unspecified atom stereocenters. The van der Waals surface area contributed by atoms with Gasteiger partial charge in [0.2, 0.25) is 0 Å². The largest absolute Gasteiger partial charge is 0.469 e. The number of carbonyl (C=O) groups excluding carboxylic acids is 3. The summed E-state index contributed by atoms with van der Waals surface area (Å²) < 4.78 is 16.0. The highest BCUT2D eigenvalue weighted by molar-refractivity contribution is 5.90. The monoisotopic (exact) mass is 582 g/mol. The first-order valence-corrected chi connectivity index (χ1v) is 14.6. The van der Waals surface area contributed by atoms with Crippen LogP contribution in [0.1, 0.15) is 66.2 Å². The Morgan fingerprint density at radius 3 is 1.88 bits per heavy atom. The molecule has 0 bridgehead atoms. The first-order valence-electron chi connectivity index (χ1n) is 14.6. The fourth-order valence-electron chi connectivity index (χ4n) is 3.66. The Labute approximate surface area is 255 Å². The molecule has 0 fully saturated rings. The van der Waals surface area contributed by atoms with Crippen LogP contribution >= 0.6 is 0 Å². The molecule has 226 valence electrons. The number of rotatable bonds is 18. The molecular formula is C37H42O6. The van der Waals surface area contributed by atoms with Crippen LogP contribution in [0.3, 0.4) is 0 Å². The van der Waals surface area contributed by atoms with Gasteiger partial charge in [-0.2, -0.15) is 0 Å². The number of ether oxygens (including phenoxy) is 3. The van der Waals surface area contributed by atoms with Gasteiger partial charge in [-0.25, -0.2) is 9.59 Å². The van der Waals surface area contributed by atoms with E-state index in [-0.39, 0.29) is 11.9 Å². The molecule has 0 saturated heterocycles. The van der Waals surface area contributed by atoms with Gasteiger partial charge < -0.3 is 14.2 Å². The third kappa shape index (κ3) is 15.8. The van der Waals surface area contributed by atoms with Gasteiger partial charge in [0.05, 0.1) is 18.2 Å². The van der Waals surface area contributed by atoms with Gasteiger partial charge in [-0.15, -0.1) is 0 Å². The lowest BCUT2D eigenvalue weighted by Gasteiger charge is -2.12. The average Bonchev–Trinajstić information content (AvgIpc) is 3.04. The van der Waals surface area contributed by atoms with Crippen LogP contribution < -0.4 is 0 Å². The van der Waals surface area contributed by atoms with E-state index in [1.54, 1.807) is 36.4 Å². The predicted molar refractivity (Wildman–Crippen MR) is 172 cm³/mol. The second-order valence-corrected chi connectivity index (χ2v) is 9.45. The predicted octanol–water partition coefficient (Wildman–Crippen LogP) is 8.31. The Bertz CT molecular complexity index is 1270. The van der Waals surface area contributed by atoms with Crippen LogP contribution in [-0.4, -0.2) is 37.2 Å². The highest BCUT2D eigenvalue weighted by atomic mass is 16.5. The number of benzene rings is 2. The molecule has 0 spiro atoms. The van der Waals surface area contributed by atoms with E-state index in [0.29, 0.717) is 36.8 Å². The molecule has 43 heavy (non-hydrogen) atoms. The molecule has 6 heteroatoms. The van der Waals surface area contributed by atoms with Crippen molar-refractivity contribution in [2.75, 3.05) is 7.11 Å². The third-order valence-electron chi connectivity index (χ3n) is 5.97. The van der Waals surface area contributed by atoms with E-state index in [2.05, 4.69) is 11.7 Å². The summed E-state index contributed by atoms with van der Waals surface area (Å²) in [5.41, 5.74) is 1.01. The Kier molecular flexibility index (Phi) is 17.6. The quantitative estimate of drug-likeness (QED) is 0.0761. The number of hydrogen-bond acceptors (Lipinski definition) is 6. The van der Waals surface area contributed by atoms with Crippen molar-refractivity contribution < 1.29 is 28.6 Å². The van der Waals surface area contributed by atoms with Crippen LogP contribution in [0.5, 0.6) is 0 Å². The Hall–Kier alpha value is -4.71. The molecule has 2 rings (SSSR count). The lowest BCUT2D eigenvalue weighted by Crippen LogP contribution is -2.15. The fraction of sp³-hybridized carbons (Fsp3) is 0.270. The highest BCUT2D eigenvalue weighted by Crippen LogP contribution is 2.10. The minimum Gasteiger partial charge on any atom is -0.469 e. The lowest BCUT2D eigenvalue weighted by molar-refractivity contribution is -0.140. The van der Waals surface area contributed by atoms with Gasteiger partial charge in [-0.1, -0.05) is 104 Å². The van der Waals surface area contributed by atoms with Crippen LogP contribution in [0.2, 0.25) is 0 Å². The molecule has 0 saturated carbocycles. The summed E-state index contributed by atoms with van der Waals surface area (Å²) in [6.45, 7) is 2.10. The number of hydrogen-bond donors (Lipinski definition) is 0. The van der Waals surface area contributed by atoms with E-state index in [1.807, 2.05) is 97.2 Å². The maximum atomic E-state index is 12.6. The summed E-state index contributed by atoms with van der Waals surface area (Å²) in [7, 11) is 1.37. The molecule has 0 aliphatic heterocycles. The van der Waals surface area contributed by atoms with E-state index < -0.39 is 18.2 Å². The van der Waals surface area contributed by atoms with E-state index in [9.17, 15) is 14.4 Å². The molecule has 0 aromatic heterocycles. The molecule has 2 aromatic rings. The van der Waals surface area contributed by atoms with Crippen molar-refractivity contribution >= 4 is 17.9 Å². The number of unbranched alkanes of at least 4 members (excludes halogenated alkanes) is 1. The first kappa shape index (κ1) is 34.5. The number of carbonyl (C=O) groups is 3. The smallest absolute Gasteiger partial charge is 0.339 e. The maximum Gasteiger partial charge on any atom is 0.339 e. The third-order valence-corrected chi connectivity index (χ3v) is 5.97. The van der Waals surface area contributed by atoms with Gasteiger partial charge in [-0.05, 0) is 61.8 Å². The van der Waals surface area contributed by atoms with Crippen molar-refractivity contribution in [2.45, 2.75) is 57.7 Å². The van der Waals surface area contributed by atoms with Gasteiger partial charge in [0.15, 0.2) is 0 Å². The Balaban J connectivity index is 1.90. The van der Waals surface area contributed by atoms with Crippen molar-refractivity contribution in [3.63, 3.8) is 0 Å². The average molecular weight is 583 g/mol. The summed E-state index contributed by atoms with van der Waals surface area (Å²) in [6.07, 6.45) is 25.9. The zero-order valence-corrected chi connectivity index (χ0v) is 25.0. The van der Waals surface area contributed by atoms with Gasteiger partial charge in [-0.3, -0.25) is 4.79 Å². The molecule has 2 atom stereocenters. The van der Waals surface area contributed by atoms with Gasteiger partial charge in [0, 0.05) is 12.8 Å². The van der Waals surface area contributed by atoms with Crippen LogP contribution in [0.15, 0.2) is 134 Å². The van der Waals surface area contributed by atoms with Gasteiger partial charge >= 0.3 is 17.9 Å². The summed E-state index contributed by atoms with van der Waals surface area (Å²) in [4.78, 5) is 36.3. The van der Waals surface area contributed by atoms with E-state index >= 15 is 0 Å².